The van der Waals surface area contributed by atoms with Crippen LogP contribution in [0.3, 0.4) is 0 Å². The molecule has 0 atom stereocenters. The van der Waals surface area contributed by atoms with Gasteiger partial charge in [-0.1, -0.05) is 24.6 Å². The summed E-state index contributed by atoms with van der Waals surface area (Å²) in [5, 5.41) is 0. The highest BCUT2D eigenvalue weighted by Gasteiger charge is 2.20. The molecule has 1 fully saturated rings. The maximum atomic E-state index is 12.0. The molecule has 0 N–H and O–H groups in total. The lowest BCUT2D eigenvalue weighted by atomic mass is 9.79. The van der Waals surface area contributed by atoms with Crippen LogP contribution < -0.4 is 0 Å². The first-order valence-electron chi connectivity index (χ1n) is 6.44. The summed E-state index contributed by atoms with van der Waals surface area (Å²) in [6, 6.07) is 8.23. The second kappa shape index (κ2) is 5.46. The van der Waals surface area contributed by atoms with Gasteiger partial charge in [0.2, 0.25) is 0 Å². The number of hydrogen-bond acceptors (Lipinski definition) is 2. The Labute approximate surface area is 104 Å². The normalized spacial score (nSPS) is 15.9. The Hall–Kier alpha value is -1.15. The minimum Gasteiger partial charge on any atom is -0.309 e. The number of carbonyl (C=O) groups excluding carboxylic acids is 1. The maximum Gasteiger partial charge on any atom is 0.164 e. The highest BCUT2D eigenvalue weighted by atomic mass is 16.1. The van der Waals surface area contributed by atoms with Gasteiger partial charge in [0.1, 0.15) is 0 Å². The van der Waals surface area contributed by atoms with Crippen LogP contribution >= 0.6 is 0 Å². The Balaban J connectivity index is 2.02. The second-order valence-corrected chi connectivity index (χ2v) is 5.23. The summed E-state index contributed by atoms with van der Waals surface area (Å²) in [5.41, 5.74) is 2.24. The van der Waals surface area contributed by atoms with Crippen LogP contribution in [-0.2, 0) is 0 Å². The zero-order valence-corrected chi connectivity index (χ0v) is 10.8. The van der Waals surface area contributed by atoms with E-state index in [4.69, 9.17) is 0 Å². The number of Topliss-reactive ketones (excluding diaryl/α,β-unsaturated/α-hetero) is 1. The summed E-state index contributed by atoms with van der Waals surface area (Å²) in [6.07, 6.45) is 4.52. The van der Waals surface area contributed by atoms with Crippen molar-refractivity contribution in [2.45, 2.75) is 31.6 Å². The number of rotatable bonds is 5. The molecule has 2 rings (SSSR count). The van der Waals surface area contributed by atoms with Gasteiger partial charge < -0.3 is 4.90 Å². The predicted octanol–water partition coefficient (Wildman–Crippen LogP) is 3.09. The Morgan fingerprint density at radius 3 is 2.71 bits per heavy atom. The van der Waals surface area contributed by atoms with E-state index < -0.39 is 0 Å². The van der Waals surface area contributed by atoms with Crippen LogP contribution in [0.2, 0.25) is 0 Å². The summed E-state index contributed by atoms with van der Waals surface area (Å²) >= 11 is 0. The molecule has 1 aliphatic carbocycles. The van der Waals surface area contributed by atoms with E-state index in [0.29, 0.717) is 12.3 Å². The zero-order chi connectivity index (χ0) is 12.3. The van der Waals surface area contributed by atoms with Crippen molar-refractivity contribution < 1.29 is 4.79 Å². The third-order valence-corrected chi connectivity index (χ3v) is 3.57. The van der Waals surface area contributed by atoms with Gasteiger partial charge in [-0.25, -0.2) is 0 Å². The third kappa shape index (κ3) is 3.16. The smallest absolute Gasteiger partial charge is 0.164 e. The van der Waals surface area contributed by atoms with Gasteiger partial charge >= 0.3 is 0 Å². The Morgan fingerprint density at radius 1 is 1.35 bits per heavy atom. The molecule has 17 heavy (non-hydrogen) atoms. The maximum absolute atomic E-state index is 12.0. The highest BCUT2D eigenvalue weighted by molar-refractivity contribution is 5.96. The van der Waals surface area contributed by atoms with Crippen molar-refractivity contribution in [1.29, 1.82) is 0 Å². The van der Waals surface area contributed by atoms with E-state index in [1.807, 2.05) is 31.1 Å². The molecule has 1 aromatic carbocycles. The quantitative estimate of drug-likeness (QED) is 0.726. The van der Waals surface area contributed by atoms with Gasteiger partial charge in [0.15, 0.2) is 5.78 Å². The standard InChI is InChI=1S/C15H21NO/c1-16(2)10-9-15(17)14-8-4-7-13(11-14)12-5-3-6-12/h4,7-8,11-12H,3,5-6,9-10H2,1-2H3. The summed E-state index contributed by atoms with van der Waals surface area (Å²) in [5.74, 6) is 0.969. The van der Waals surface area contributed by atoms with Crippen LogP contribution in [-0.4, -0.2) is 31.3 Å². The van der Waals surface area contributed by atoms with Crippen molar-refractivity contribution in [1.82, 2.24) is 4.90 Å². The zero-order valence-electron chi connectivity index (χ0n) is 10.8. The molecule has 1 aromatic rings. The lowest BCUT2D eigenvalue weighted by Gasteiger charge is -2.26. The Morgan fingerprint density at radius 2 is 2.12 bits per heavy atom. The first kappa shape index (κ1) is 12.3. The minimum atomic E-state index is 0.264. The molecular formula is C15H21NO. The fourth-order valence-electron chi connectivity index (χ4n) is 2.18. The fraction of sp³-hybridized carbons (Fsp3) is 0.533. The molecule has 0 radical (unpaired) electrons. The van der Waals surface area contributed by atoms with Gasteiger partial charge in [-0.2, -0.15) is 0 Å². The van der Waals surface area contributed by atoms with Crippen molar-refractivity contribution in [3.63, 3.8) is 0 Å². The Bertz CT molecular complexity index is 394. The number of benzene rings is 1. The number of ketones is 1. The second-order valence-electron chi connectivity index (χ2n) is 5.23. The number of carbonyl (C=O) groups is 1. The van der Waals surface area contributed by atoms with E-state index in [1.165, 1.54) is 24.8 Å². The third-order valence-electron chi connectivity index (χ3n) is 3.57. The minimum absolute atomic E-state index is 0.264. The molecule has 0 bridgehead atoms. The van der Waals surface area contributed by atoms with Gasteiger partial charge in [0.05, 0.1) is 0 Å². The lowest BCUT2D eigenvalue weighted by molar-refractivity contribution is 0.0972. The lowest BCUT2D eigenvalue weighted by Crippen LogP contribution is -2.17. The van der Waals surface area contributed by atoms with E-state index in [0.717, 1.165) is 12.1 Å². The summed E-state index contributed by atoms with van der Waals surface area (Å²) in [4.78, 5) is 14.1. The molecule has 0 spiro atoms. The molecular weight excluding hydrogens is 210 g/mol. The number of nitrogens with zero attached hydrogens (tertiary/aromatic N) is 1. The first-order chi connectivity index (χ1) is 8.16. The van der Waals surface area contributed by atoms with Gasteiger partial charge in [0.25, 0.3) is 0 Å². The van der Waals surface area contributed by atoms with E-state index in [-0.39, 0.29) is 5.78 Å². The van der Waals surface area contributed by atoms with Gasteiger partial charge in [-0.3, -0.25) is 4.79 Å². The van der Waals surface area contributed by atoms with Crippen LogP contribution in [0.4, 0.5) is 0 Å². The predicted molar refractivity (Wildman–Crippen MR) is 70.5 cm³/mol. The molecule has 0 heterocycles. The molecule has 1 aliphatic rings. The van der Waals surface area contributed by atoms with Crippen molar-refractivity contribution in [3.8, 4) is 0 Å². The summed E-state index contributed by atoms with van der Waals surface area (Å²) in [6.45, 7) is 0.826. The van der Waals surface area contributed by atoms with Crippen molar-refractivity contribution >= 4 is 5.78 Å². The van der Waals surface area contributed by atoms with E-state index in [2.05, 4.69) is 12.1 Å². The van der Waals surface area contributed by atoms with Crippen molar-refractivity contribution in [3.05, 3.63) is 35.4 Å². The van der Waals surface area contributed by atoms with Crippen LogP contribution in [0.5, 0.6) is 0 Å². The molecule has 1 saturated carbocycles. The molecule has 2 nitrogen and oxygen atoms in total. The molecule has 2 heteroatoms. The summed E-state index contributed by atoms with van der Waals surface area (Å²) in [7, 11) is 4.00. The van der Waals surface area contributed by atoms with E-state index >= 15 is 0 Å². The molecule has 0 aromatic heterocycles. The van der Waals surface area contributed by atoms with Gasteiger partial charge in [-0.15, -0.1) is 0 Å². The average molecular weight is 231 g/mol. The SMILES string of the molecule is CN(C)CCC(=O)c1cccc(C2CCC2)c1. The molecule has 92 valence electrons. The fourth-order valence-corrected chi connectivity index (χ4v) is 2.18. The van der Waals surface area contributed by atoms with Crippen LogP contribution in [0, 0.1) is 0 Å². The van der Waals surface area contributed by atoms with Crippen molar-refractivity contribution in [2.75, 3.05) is 20.6 Å². The van der Waals surface area contributed by atoms with Crippen molar-refractivity contribution in [2.24, 2.45) is 0 Å². The van der Waals surface area contributed by atoms with Crippen LogP contribution in [0.15, 0.2) is 24.3 Å². The highest BCUT2D eigenvalue weighted by Crippen LogP contribution is 2.36. The van der Waals surface area contributed by atoms with Gasteiger partial charge in [0, 0.05) is 18.5 Å². The van der Waals surface area contributed by atoms with Crippen LogP contribution in [0.1, 0.15) is 47.5 Å². The Kier molecular flexibility index (Phi) is 3.95. The summed E-state index contributed by atoms with van der Waals surface area (Å²) < 4.78 is 0. The number of hydrogen-bond donors (Lipinski definition) is 0. The molecule has 0 unspecified atom stereocenters. The first-order valence-corrected chi connectivity index (χ1v) is 6.44. The topological polar surface area (TPSA) is 20.3 Å². The van der Waals surface area contributed by atoms with E-state index in [1.54, 1.807) is 0 Å². The van der Waals surface area contributed by atoms with E-state index in [9.17, 15) is 4.79 Å². The van der Waals surface area contributed by atoms with Gasteiger partial charge in [-0.05, 0) is 44.5 Å². The molecule has 0 saturated heterocycles. The average Bonchev–Trinajstić information content (AvgIpc) is 2.24. The van der Waals surface area contributed by atoms with Crippen LogP contribution in [0.25, 0.3) is 0 Å². The molecule has 0 amide bonds. The monoisotopic (exact) mass is 231 g/mol. The largest absolute Gasteiger partial charge is 0.309 e. The molecule has 0 aliphatic heterocycles.